The van der Waals surface area contributed by atoms with E-state index in [0.717, 1.165) is 10.6 Å². The predicted molar refractivity (Wildman–Crippen MR) is 48.2 cm³/mol. The highest BCUT2D eigenvalue weighted by molar-refractivity contribution is 7.05. The van der Waals surface area contributed by atoms with Gasteiger partial charge in [-0.05, 0) is 11.5 Å². The van der Waals surface area contributed by atoms with E-state index in [-0.39, 0.29) is 5.41 Å². The molecule has 0 saturated carbocycles. The van der Waals surface area contributed by atoms with Gasteiger partial charge in [-0.3, -0.25) is 0 Å². The Balaban J connectivity index is 3.02. The first kappa shape index (κ1) is 8.94. The molecule has 0 atom stereocenters. The molecule has 1 rings (SSSR count). The normalized spacial score (nSPS) is 12.0. The third-order valence-corrected chi connectivity index (χ3v) is 2.53. The van der Waals surface area contributed by atoms with E-state index in [0.29, 0.717) is 5.88 Å². The van der Waals surface area contributed by atoms with Crippen molar-refractivity contribution in [2.75, 3.05) is 0 Å². The third-order valence-electron chi connectivity index (χ3n) is 1.39. The molecule has 1 heterocycles. The molecule has 0 aliphatic rings. The van der Waals surface area contributed by atoms with Crippen LogP contribution in [0.3, 0.4) is 0 Å². The molecule has 0 aromatic carbocycles. The van der Waals surface area contributed by atoms with Crippen molar-refractivity contribution in [2.24, 2.45) is 0 Å². The summed E-state index contributed by atoms with van der Waals surface area (Å²) in [6.07, 6.45) is 0. The van der Waals surface area contributed by atoms with Gasteiger partial charge in [0.2, 0.25) is 0 Å². The molecule has 0 amide bonds. The second-order valence-corrected chi connectivity index (χ2v) is 4.53. The monoisotopic (exact) mass is 190 g/mol. The molecule has 1 aromatic heterocycles. The molecule has 0 fully saturated rings. The first-order valence-electron chi connectivity index (χ1n) is 3.43. The maximum absolute atomic E-state index is 5.71. The highest BCUT2D eigenvalue weighted by Crippen LogP contribution is 2.26. The summed E-state index contributed by atoms with van der Waals surface area (Å²) in [4.78, 5) is 1.08. The molecule has 0 bridgehead atoms. The van der Waals surface area contributed by atoms with Crippen LogP contribution in [0.1, 0.15) is 31.3 Å². The minimum absolute atomic E-state index is 0.0667. The summed E-state index contributed by atoms with van der Waals surface area (Å²) in [5.74, 6) is 0.518. The Morgan fingerprint density at radius 1 is 1.45 bits per heavy atom. The van der Waals surface area contributed by atoms with Gasteiger partial charge in [0.05, 0.1) is 16.5 Å². The van der Waals surface area contributed by atoms with Crippen molar-refractivity contribution in [1.29, 1.82) is 0 Å². The Kier molecular flexibility index (Phi) is 2.50. The van der Waals surface area contributed by atoms with E-state index in [1.165, 1.54) is 11.5 Å². The highest BCUT2D eigenvalue weighted by Gasteiger charge is 2.21. The fourth-order valence-corrected chi connectivity index (χ4v) is 1.84. The van der Waals surface area contributed by atoms with Gasteiger partial charge in [-0.1, -0.05) is 25.3 Å². The largest absolute Gasteiger partial charge is 0.142 e. The number of alkyl halides is 1. The molecule has 11 heavy (non-hydrogen) atoms. The zero-order valence-electron chi connectivity index (χ0n) is 6.89. The number of hydrogen-bond donors (Lipinski definition) is 0. The Morgan fingerprint density at radius 2 is 2.09 bits per heavy atom. The smallest absolute Gasteiger partial charge is 0.0853 e. The Bertz CT molecular complexity index is 239. The maximum atomic E-state index is 5.71. The summed E-state index contributed by atoms with van der Waals surface area (Å²) >= 11 is 7.09. The lowest BCUT2D eigenvalue weighted by atomic mass is 9.92. The average molecular weight is 191 g/mol. The molecule has 0 saturated heterocycles. The van der Waals surface area contributed by atoms with Gasteiger partial charge in [0.25, 0.3) is 0 Å². The van der Waals surface area contributed by atoms with Crippen LogP contribution in [0.15, 0.2) is 0 Å². The quantitative estimate of drug-likeness (QED) is 0.637. The van der Waals surface area contributed by atoms with Gasteiger partial charge in [-0.25, -0.2) is 0 Å². The number of rotatable bonds is 1. The number of aromatic nitrogens is 2. The number of nitrogens with zero attached hydrogens (tertiary/aromatic N) is 2. The fraction of sp³-hybridized carbons (Fsp3) is 0.714. The summed E-state index contributed by atoms with van der Waals surface area (Å²) in [5, 5.41) is 4.04. The second-order valence-electron chi connectivity index (χ2n) is 3.43. The van der Waals surface area contributed by atoms with E-state index in [4.69, 9.17) is 11.6 Å². The first-order chi connectivity index (χ1) is 5.05. The molecule has 0 spiro atoms. The minimum Gasteiger partial charge on any atom is -0.142 e. The van der Waals surface area contributed by atoms with E-state index in [2.05, 4.69) is 30.4 Å². The van der Waals surface area contributed by atoms with Gasteiger partial charge in [0, 0.05) is 5.41 Å². The van der Waals surface area contributed by atoms with Crippen LogP contribution in [-0.2, 0) is 11.3 Å². The van der Waals surface area contributed by atoms with Crippen LogP contribution < -0.4 is 0 Å². The summed E-state index contributed by atoms with van der Waals surface area (Å²) < 4.78 is 3.87. The lowest BCUT2D eigenvalue weighted by Gasteiger charge is -2.15. The van der Waals surface area contributed by atoms with Gasteiger partial charge < -0.3 is 0 Å². The molecule has 0 aliphatic carbocycles. The lowest BCUT2D eigenvalue weighted by Crippen LogP contribution is -2.13. The van der Waals surface area contributed by atoms with E-state index in [1.54, 1.807) is 0 Å². The van der Waals surface area contributed by atoms with Gasteiger partial charge in [0.15, 0.2) is 0 Å². The average Bonchev–Trinajstić information content (AvgIpc) is 2.31. The van der Waals surface area contributed by atoms with Crippen molar-refractivity contribution in [3.8, 4) is 0 Å². The molecule has 0 N–H and O–H groups in total. The highest BCUT2D eigenvalue weighted by atomic mass is 35.5. The lowest BCUT2D eigenvalue weighted by molar-refractivity contribution is 0.562. The van der Waals surface area contributed by atoms with Crippen molar-refractivity contribution < 1.29 is 0 Å². The molecule has 0 aliphatic heterocycles. The van der Waals surface area contributed by atoms with Crippen molar-refractivity contribution in [3.05, 3.63) is 10.6 Å². The zero-order chi connectivity index (χ0) is 8.48. The SMILES string of the molecule is CC(C)(C)c1nnsc1CCl. The van der Waals surface area contributed by atoms with E-state index < -0.39 is 0 Å². The van der Waals surface area contributed by atoms with Crippen LogP contribution in [0.2, 0.25) is 0 Å². The van der Waals surface area contributed by atoms with Crippen molar-refractivity contribution in [3.63, 3.8) is 0 Å². The van der Waals surface area contributed by atoms with Crippen LogP contribution in [0.5, 0.6) is 0 Å². The Morgan fingerprint density at radius 3 is 2.45 bits per heavy atom. The zero-order valence-corrected chi connectivity index (χ0v) is 8.46. The molecule has 0 unspecified atom stereocenters. The number of hydrogen-bond acceptors (Lipinski definition) is 3. The summed E-state index contributed by atoms with van der Waals surface area (Å²) in [6, 6.07) is 0. The van der Waals surface area contributed by atoms with Crippen molar-refractivity contribution in [1.82, 2.24) is 9.59 Å². The molecule has 62 valence electrons. The third kappa shape index (κ3) is 1.91. The maximum Gasteiger partial charge on any atom is 0.0853 e. The van der Waals surface area contributed by atoms with E-state index in [9.17, 15) is 0 Å². The van der Waals surface area contributed by atoms with E-state index in [1.807, 2.05) is 0 Å². The van der Waals surface area contributed by atoms with E-state index >= 15 is 0 Å². The topological polar surface area (TPSA) is 25.8 Å². The molecular formula is C7H11ClN2S. The second kappa shape index (κ2) is 3.07. The minimum atomic E-state index is 0.0667. The van der Waals surface area contributed by atoms with Crippen LogP contribution in [0, 0.1) is 0 Å². The Hall–Kier alpha value is -0.150. The molecule has 4 heteroatoms. The summed E-state index contributed by atoms with van der Waals surface area (Å²) in [5.41, 5.74) is 1.09. The molecular weight excluding hydrogens is 180 g/mol. The van der Waals surface area contributed by atoms with Crippen LogP contribution in [0.25, 0.3) is 0 Å². The van der Waals surface area contributed by atoms with Crippen LogP contribution >= 0.6 is 23.1 Å². The standard InChI is InChI=1S/C7H11ClN2S/c1-7(2,3)6-5(4-8)11-10-9-6/h4H2,1-3H3. The predicted octanol–water partition coefficient (Wildman–Crippen LogP) is 2.57. The molecule has 2 nitrogen and oxygen atoms in total. The molecule has 0 radical (unpaired) electrons. The van der Waals surface area contributed by atoms with Gasteiger partial charge >= 0.3 is 0 Å². The van der Waals surface area contributed by atoms with Gasteiger partial charge in [-0.2, -0.15) is 0 Å². The van der Waals surface area contributed by atoms with Crippen LogP contribution in [0.4, 0.5) is 0 Å². The fourth-order valence-electron chi connectivity index (χ4n) is 0.865. The number of halogens is 1. The van der Waals surface area contributed by atoms with Crippen LogP contribution in [-0.4, -0.2) is 9.59 Å². The first-order valence-corrected chi connectivity index (χ1v) is 4.74. The van der Waals surface area contributed by atoms with Crippen molar-refractivity contribution in [2.45, 2.75) is 32.1 Å². The molecule has 1 aromatic rings. The van der Waals surface area contributed by atoms with Crippen molar-refractivity contribution >= 4 is 23.1 Å². The van der Waals surface area contributed by atoms with Gasteiger partial charge in [-0.15, -0.1) is 16.7 Å². The summed E-state index contributed by atoms with van der Waals surface area (Å²) in [6.45, 7) is 6.33. The van der Waals surface area contributed by atoms with Gasteiger partial charge in [0.1, 0.15) is 0 Å². The summed E-state index contributed by atoms with van der Waals surface area (Å²) in [7, 11) is 0. The Labute approximate surface area is 75.7 Å².